The molecule has 0 unspecified atom stereocenters. The van der Waals surface area contributed by atoms with Gasteiger partial charge in [0.05, 0.1) is 0 Å². The van der Waals surface area contributed by atoms with Crippen LogP contribution in [-0.4, -0.2) is 36.8 Å². The maximum Gasteiger partial charge on any atom is 0.466 e. The Bertz CT molecular complexity index is 451. The zero-order chi connectivity index (χ0) is 27.2. The molecule has 0 radical (unpaired) electrons. The topological polar surface area (TPSA) is 152 Å². The smallest absolute Gasteiger partial charge is 0.466 e. The van der Waals surface area contributed by atoms with Crippen LogP contribution in [0.5, 0.6) is 0 Å². The van der Waals surface area contributed by atoms with Crippen molar-refractivity contribution in [1.82, 2.24) is 0 Å². The number of carboxylic acid groups (broad SMARTS) is 2. The molecule has 0 aliphatic rings. The van der Waals surface area contributed by atoms with Crippen LogP contribution >= 0.6 is 7.82 Å². The van der Waals surface area contributed by atoms with Crippen LogP contribution in [0.2, 0.25) is 0 Å². The van der Waals surface area contributed by atoms with Crippen LogP contribution in [0.25, 0.3) is 0 Å². The van der Waals surface area contributed by atoms with Crippen molar-refractivity contribution in [3.63, 3.8) is 0 Å². The molecule has 0 aromatic carbocycles. The lowest BCUT2D eigenvalue weighted by Gasteiger charge is -2.01. The molecule has 0 aromatic rings. The highest BCUT2D eigenvalue weighted by Gasteiger charge is 2.00. The zero-order valence-electron chi connectivity index (χ0n) is 22.5. The molecular formula is C26H55O8P. The quantitative estimate of drug-likeness (QED) is 0.0706. The fourth-order valence-corrected chi connectivity index (χ4v) is 3.53. The van der Waals surface area contributed by atoms with Crippen molar-refractivity contribution in [1.29, 1.82) is 0 Å². The molecule has 0 atom stereocenters. The first-order valence-corrected chi connectivity index (χ1v) is 15.3. The number of phosphoric acid groups is 1. The van der Waals surface area contributed by atoms with Gasteiger partial charge < -0.3 is 24.9 Å². The largest absolute Gasteiger partial charge is 0.481 e. The Morgan fingerprint density at radius 2 is 0.629 bits per heavy atom. The maximum atomic E-state index is 10.2. The highest BCUT2D eigenvalue weighted by atomic mass is 31.2. The first-order valence-electron chi connectivity index (χ1n) is 13.8. The van der Waals surface area contributed by atoms with Crippen LogP contribution < -0.4 is 0 Å². The highest BCUT2D eigenvalue weighted by Crippen LogP contribution is 2.25. The summed E-state index contributed by atoms with van der Waals surface area (Å²) < 4.78 is 8.88. The number of unbranched alkanes of at least 4 members (excludes halogenated alkanes) is 18. The van der Waals surface area contributed by atoms with Crippen molar-refractivity contribution in [3.8, 4) is 0 Å². The molecule has 0 rings (SSSR count). The highest BCUT2D eigenvalue weighted by molar-refractivity contribution is 7.45. The average Bonchev–Trinajstić information content (AvgIpc) is 2.75. The van der Waals surface area contributed by atoms with Gasteiger partial charge in [0, 0.05) is 12.8 Å². The second-order valence-corrected chi connectivity index (χ2v) is 10.2. The lowest BCUT2D eigenvalue weighted by atomic mass is 10.1. The molecule has 0 saturated heterocycles. The molecule has 0 bridgehead atoms. The van der Waals surface area contributed by atoms with E-state index in [-0.39, 0.29) is 0 Å². The Morgan fingerprint density at radius 1 is 0.457 bits per heavy atom. The molecule has 5 N–H and O–H groups in total. The molecule has 0 aliphatic carbocycles. The second-order valence-electron chi connectivity index (χ2n) is 9.16. The first-order chi connectivity index (χ1) is 16.5. The molecule has 0 amide bonds. The van der Waals surface area contributed by atoms with E-state index in [4.69, 9.17) is 29.5 Å². The van der Waals surface area contributed by atoms with Gasteiger partial charge in [-0.3, -0.25) is 9.59 Å². The van der Waals surface area contributed by atoms with Crippen molar-refractivity contribution in [3.05, 3.63) is 0 Å². The lowest BCUT2D eigenvalue weighted by molar-refractivity contribution is -0.138. The summed E-state index contributed by atoms with van der Waals surface area (Å²) in [5.74, 6) is -1.32. The van der Waals surface area contributed by atoms with E-state index in [0.29, 0.717) is 12.8 Å². The summed E-state index contributed by atoms with van der Waals surface area (Å²) >= 11 is 0. The van der Waals surface area contributed by atoms with Gasteiger partial charge in [-0.2, -0.15) is 0 Å². The molecule has 9 heteroatoms. The van der Waals surface area contributed by atoms with Gasteiger partial charge in [0.2, 0.25) is 0 Å². The van der Waals surface area contributed by atoms with Gasteiger partial charge in [0.25, 0.3) is 0 Å². The Labute approximate surface area is 214 Å². The third kappa shape index (κ3) is 60.0. The summed E-state index contributed by atoms with van der Waals surface area (Å²) in [7, 11) is -4.64. The van der Waals surface area contributed by atoms with Gasteiger partial charge in [-0.25, -0.2) is 4.57 Å². The molecule has 0 aromatic heterocycles. The standard InChI is InChI=1S/2C13H26O2.H3O4P/c2*1-2-3-4-5-6-7-8-9-10-11-12-13(14)15;1-5(2,3)4/h2*2-12H2,1H3,(H,14,15);(H3,1,2,3,4). The number of hydrogen-bond acceptors (Lipinski definition) is 3. The van der Waals surface area contributed by atoms with Crippen LogP contribution in [-0.2, 0) is 14.2 Å². The fourth-order valence-electron chi connectivity index (χ4n) is 3.53. The van der Waals surface area contributed by atoms with E-state index < -0.39 is 19.8 Å². The number of carbonyl (C=O) groups is 2. The van der Waals surface area contributed by atoms with Crippen LogP contribution in [0, 0.1) is 0 Å². The van der Waals surface area contributed by atoms with Crippen LogP contribution in [0.3, 0.4) is 0 Å². The summed E-state index contributed by atoms with van der Waals surface area (Å²) in [6, 6.07) is 0. The predicted octanol–water partition coefficient (Wildman–Crippen LogP) is 7.84. The second kappa shape index (κ2) is 31.1. The minimum atomic E-state index is -4.64. The normalized spacial score (nSPS) is 10.7. The summed E-state index contributed by atoms with van der Waals surface area (Å²) in [6.07, 6.45) is 25.8. The SMILES string of the molecule is CCCCCCCCCCCCC(=O)O.CCCCCCCCCCCCC(=O)O.O=P(O)(O)O. The van der Waals surface area contributed by atoms with Gasteiger partial charge in [-0.05, 0) is 12.8 Å². The van der Waals surface area contributed by atoms with Gasteiger partial charge in [0.1, 0.15) is 0 Å². The molecule has 0 saturated carbocycles. The molecule has 35 heavy (non-hydrogen) atoms. The van der Waals surface area contributed by atoms with Crippen molar-refractivity contribution in [2.75, 3.05) is 0 Å². The fraction of sp³-hybridized carbons (Fsp3) is 0.923. The van der Waals surface area contributed by atoms with Crippen LogP contribution in [0.15, 0.2) is 0 Å². The number of aliphatic carboxylic acids is 2. The van der Waals surface area contributed by atoms with E-state index in [2.05, 4.69) is 13.8 Å². The monoisotopic (exact) mass is 526 g/mol. The van der Waals surface area contributed by atoms with E-state index in [1.807, 2.05) is 0 Å². The molecule has 0 spiro atoms. The van der Waals surface area contributed by atoms with Gasteiger partial charge in [-0.1, -0.05) is 129 Å². The Morgan fingerprint density at radius 3 is 0.800 bits per heavy atom. The van der Waals surface area contributed by atoms with E-state index in [0.717, 1.165) is 25.7 Å². The van der Waals surface area contributed by atoms with Crippen LogP contribution in [0.4, 0.5) is 0 Å². The van der Waals surface area contributed by atoms with Crippen molar-refractivity contribution in [2.24, 2.45) is 0 Å². The number of carboxylic acids is 2. The van der Waals surface area contributed by atoms with Gasteiger partial charge in [0.15, 0.2) is 0 Å². The summed E-state index contributed by atoms with van der Waals surface area (Å²) in [5.41, 5.74) is 0. The Balaban J connectivity index is -0.000000491. The van der Waals surface area contributed by atoms with Crippen molar-refractivity contribution < 1.29 is 39.0 Å². The first kappa shape index (κ1) is 38.6. The van der Waals surface area contributed by atoms with Crippen LogP contribution in [0.1, 0.15) is 155 Å². The minimum absolute atomic E-state index is 0.344. The zero-order valence-corrected chi connectivity index (χ0v) is 23.4. The van der Waals surface area contributed by atoms with E-state index in [9.17, 15) is 9.59 Å². The minimum Gasteiger partial charge on any atom is -0.481 e. The Kier molecular flexibility index (Phi) is 34.3. The van der Waals surface area contributed by atoms with Crippen molar-refractivity contribution in [2.45, 2.75) is 155 Å². The van der Waals surface area contributed by atoms with Crippen molar-refractivity contribution >= 4 is 19.8 Å². The molecule has 0 heterocycles. The Hall–Kier alpha value is -0.950. The summed E-state index contributed by atoms with van der Waals surface area (Å²) in [5, 5.41) is 16.9. The summed E-state index contributed by atoms with van der Waals surface area (Å²) in [4.78, 5) is 42.0. The molecule has 0 fully saturated rings. The van der Waals surface area contributed by atoms with E-state index in [1.54, 1.807) is 0 Å². The van der Waals surface area contributed by atoms with E-state index in [1.165, 1.54) is 103 Å². The molecule has 8 nitrogen and oxygen atoms in total. The average molecular weight is 527 g/mol. The van der Waals surface area contributed by atoms with Gasteiger partial charge >= 0.3 is 19.8 Å². The summed E-state index contributed by atoms with van der Waals surface area (Å²) in [6.45, 7) is 4.48. The number of hydrogen-bond donors (Lipinski definition) is 5. The molecule has 212 valence electrons. The third-order valence-electron chi connectivity index (χ3n) is 5.49. The lowest BCUT2D eigenvalue weighted by Crippen LogP contribution is -1.93. The molecular weight excluding hydrogens is 471 g/mol. The van der Waals surface area contributed by atoms with Gasteiger partial charge in [-0.15, -0.1) is 0 Å². The number of rotatable bonds is 22. The predicted molar refractivity (Wildman–Crippen MR) is 142 cm³/mol. The third-order valence-corrected chi connectivity index (χ3v) is 5.49. The molecule has 0 aliphatic heterocycles. The van der Waals surface area contributed by atoms with E-state index >= 15 is 0 Å². The maximum absolute atomic E-state index is 10.2.